The lowest BCUT2D eigenvalue weighted by molar-refractivity contribution is 0.109. The number of hydrogen-bond donors (Lipinski definition) is 0. The predicted octanol–water partition coefficient (Wildman–Crippen LogP) is 4.59. The van der Waals surface area contributed by atoms with Gasteiger partial charge >= 0.3 is 0 Å². The van der Waals surface area contributed by atoms with Gasteiger partial charge in [0, 0.05) is 43.5 Å². The van der Waals surface area contributed by atoms with Crippen LogP contribution in [-0.4, -0.2) is 61.8 Å². The number of rotatable bonds is 12. The van der Waals surface area contributed by atoms with Gasteiger partial charge in [0.05, 0.1) is 6.61 Å². The molecule has 0 unspecified atom stereocenters. The number of hydrogen-bond acceptors (Lipinski definition) is 6. The Kier molecular flexibility index (Phi) is 9.23. The monoisotopic (exact) mass is 437 g/mol. The third-order valence-electron chi connectivity index (χ3n) is 6.08. The lowest BCUT2D eigenvalue weighted by Gasteiger charge is -2.35. The van der Waals surface area contributed by atoms with Crippen LogP contribution in [0.25, 0.3) is 0 Å². The van der Waals surface area contributed by atoms with Crippen LogP contribution in [0.2, 0.25) is 0 Å². The molecule has 0 radical (unpaired) electrons. The average molecular weight is 438 g/mol. The molecular weight excluding hydrogens is 402 g/mol. The quantitative estimate of drug-likeness (QED) is 0.357. The van der Waals surface area contributed by atoms with E-state index in [1.165, 1.54) is 18.4 Å². The largest absolute Gasteiger partial charge is 0.494 e. The molecule has 0 bridgehead atoms. The van der Waals surface area contributed by atoms with Crippen molar-refractivity contribution in [1.29, 1.82) is 0 Å². The molecule has 0 saturated carbocycles. The number of pyridine rings is 1. The molecule has 32 heavy (non-hydrogen) atoms. The number of nitrogens with zero attached hydrogens (tertiary/aromatic N) is 3. The predicted molar refractivity (Wildman–Crippen MR) is 128 cm³/mol. The molecule has 0 N–H and O–H groups in total. The van der Waals surface area contributed by atoms with Gasteiger partial charge < -0.3 is 9.64 Å². The fourth-order valence-electron chi connectivity index (χ4n) is 3.96. The summed E-state index contributed by atoms with van der Waals surface area (Å²) in [6.45, 7) is 10.4. The van der Waals surface area contributed by atoms with E-state index in [4.69, 9.17) is 4.74 Å². The number of aldehydes is 2. The van der Waals surface area contributed by atoms with Crippen LogP contribution in [0.5, 0.6) is 5.75 Å². The lowest BCUT2D eigenvalue weighted by atomic mass is 10.1. The molecule has 1 saturated heterocycles. The number of carbonyl (C=O) groups excluding carboxylic acids is 2. The lowest BCUT2D eigenvalue weighted by Crippen LogP contribution is -2.46. The smallest absolute Gasteiger partial charge is 0.150 e. The molecule has 0 spiro atoms. The molecular formula is C26H35N3O3. The second-order valence-corrected chi connectivity index (χ2v) is 8.72. The van der Waals surface area contributed by atoms with Crippen molar-refractivity contribution < 1.29 is 14.3 Å². The standard InChI is InChI=1S/C26H35N3O3/c1-21(2)22-8-10-26(27-18-22)29-14-12-28(13-15-29)11-5-3-4-6-16-32-25-9-7-23(19-30)24(17-25)20-31/h7-10,17-21H,3-6,11-16H2,1-2H3. The Morgan fingerprint density at radius 2 is 1.69 bits per heavy atom. The average Bonchev–Trinajstić information content (AvgIpc) is 2.83. The normalized spacial score (nSPS) is 14.5. The summed E-state index contributed by atoms with van der Waals surface area (Å²) in [5, 5.41) is 0. The number of anilines is 1. The fourth-order valence-corrected chi connectivity index (χ4v) is 3.96. The minimum Gasteiger partial charge on any atom is -0.494 e. The summed E-state index contributed by atoms with van der Waals surface area (Å²) in [7, 11) is 0. The van der Waals surface area contributed by atoms with E-state index in [1.54, 1.807) is 18.2 Å². The summed E-state index contributed by atoms with van der Waals surface area (Å²) in [6, 6.07) is 9.35. The molecule has 0 amide bonds. The molecule has 6 nitrogen and oxygen atoms in total. The fraction of sp³-hybridized carbons (Fsp3) is 0.500. The SMILES string of the molecule is CC(C)c1ccc(N2CCN(CCCCCCOc3ccc(C=O)c(C=O)c3)CC2)nc1. The maximum absolute atomic E-state index is 11.0. The van der Waals surface area contributed by atoms with Gasteiger partial charge in [-0.2, -0.15) is 0 Å². The number of piperazine rings is 1. The Morgan fingerprint density at radius 3 is 2.34 bits per heavy atom. The highest BCUT2D eigenvalue weighted by Crippen LogP contribution is 2.19. The molecule has 172 valence electrons. The summed E-state index contributed by atoms with van der Waals surface area (Å²) in [5.74, 6) is 2.25. The second-order valence-electron chi connectivity index (χ2n) is 8.72. The van der Waals surface area contributed by atoms with Crippen molar-refractivity contribution in [3.05, 3.63) is 53.2 Å². The first-order valence-corrected chi connectivity index (χ1v) is 11.7. The van der Waals surface area contributed by atoms with Crippen molar-refractivity contribution in [2.75, 3.05) is 44.2 Å². The summed E-state index contributed by atoms with van der Waals surface area (Å²) in [4.78, 5) is 31.5. The van der Waals surface area contributed by atoms with Gasteiger partial charge in [0.2, 0.25) is 0 Å². The van der Waals surface area contributed by atoms with Gasteiger partial charge in [-0.05, 0) is 55.1 Å². The Hall–Kier alpha value is -2.73. The topological polar surface area (TPSA) is 62.7 Å². The van der Waals surface area contributed by atoms with E-state index in [1.807, 2.05) is 6.20 Å². The second kappa shape index (κ2) is 12.3. The van der Waals surface area contributed by atoms with Crippen LogP contribution < -0.4 is 9.64 Å². The van der Waals surface area contributed by atoms with Crippen molar-refractivity contribution in [2.24, 2.45) is 0 Å². The minimum absolute atomic E-state index is 0.376. The number of benzene rings is 1. The van der Waals surface area contributed by atoms with Gasteiger partial charge in [-0.1, -0.05) is 32.8 Å². The zero-order chi connectivity index (χ0) is 22.8. The molecule has 1 aromatic carbocycles. The van der Waals surface area contributed by atoms with Crippen LogP contribution in [0.3, 0.4) is 0 Å². The number of carbonyl (C=O) groups is 2. The van der Waals surface area contributed by atoms with Gasteiger partial charge in [0.1, 0.15) is 11.6 Å². The Morgan fingerprint density at radius 1 is 0.938 bits per heavy atom. The van der Waals surface area contributed by atoms with Gasteiger partial charge in [0.25, 0.3) is 0 Å². The van der Waals surface area contributed by atoms with E-state index >= 15 is 0 Å². The van der Waals surface area contributed by atoms with E-state index < -0.39 is 0 Å². The highest BCUT2D eigenvalue weighted by atomic mass is 16.5. The van der Waals surface area contributed by atoms with Crippen molar-refractivity contribution in [3.8, 4) is 5.75 Å². The highest BCUT2D eigenvalue weighted by molar-refractivity contribution is 5.90. The van der Waals surface area contributed by atoms with Crippen molar-refractivity contribution in [2.45, 2.75) is 45.4 Å². The van der Waals surface area contributed by atoms with Gasteiger partial charge in [-0.15, -0.1) is 0 Å². The Labute approximate surface area is 191 Å². The minimum atomic E-state index is 0.376. The van der Waals surface area contributed by atoms with Crippen molar-refractivity contribution >= 4 is 18.4 Å². The Bertz CT molecular complexity index is 859. The van der Waals surface area contributed by atoms with Gasteiger partial charge in [-0.25, -0.2) is 4.98 Å². The molecule has 3 rings (SSSR count). The zero-order valence-electron chi connectivity index (χ0n) is 19.3. The number of ether oxygens (including phenoxy) is 1. The van der Waals surface area contributed by atoms with Gasteiger partial charge in [-0.3, -0.25) is 14.5 Å². The summed E-state index contributed by atoms with van der Waals surface area (Å²) in [5.41, 5.74) is 2.06. The molecule has 1 aliphatic rings. The van der Waals surface area contributed by atoms with E-state index in [0.29, 0.717) is 42.0 Å². The van der Waals surface area contributed by atoms with E-state index in [2.05, 4.69) is 40.8 Å². The van der Waals surface area contributed by atoms with Crippen LogP contribution in [0.4, 0.5) is 5.82 Å². The summed E-state index contributed by atoms with van der Waals surface area (Å²) < 4.78 is 5.72. The van der Waals surface area contributed by atoms with Crippen LogP contribution in [0, 0.1) is 0 Å². The van der Waals surface area contributed by atoms with Crippen molar-refractivity contribution in [3.63, 3.8) is 0 Å². The maximum atomic E-state index is 11.0. The first-order valence-electron chi connectivity index (χ1n) is 11.7. The summed E-state index contributed by atoms with van der Waals surface area (Å²) >= 11 is 0. The molecule has 6 heteroatoms. The molecule has 1 aliphatic heterocycles. The molecule has 2 heterocycles. The molecule has 0 atom stereocenters. The van der Waals surface area contributed by atoms with Gasteiger partial charge in [0.15, 0.2) is 12.6 Å². The number of aromatic nitrogens is 1. The third kappa shape index (κ3) is 6.89. The third-order valence-corrected chi connectivity index (χ3v) is 6.08. The van der Waals surface area contributed by atoms with Crippen molar-refractivity contribution in [1.82, 2.24) is 9.88 Å². The molecule has 1 fully saturated rings. The summed E-state index contributed by atoms with van der Waals surface area (Å²) in [6.07, 6.45) is 7.88. The number of unbranched alkanes of at least 4 members (excludes halogenated alkanes) is 3. The Balaban J connectivity index is 1.26. The maximum Gasteiger partial charge on any atom is 0.150 e. The van der Waals surface area contributed by atoms with Crippen LogP contribution in [-0.2, 0) is 0 Å². The van der Waals surface area contributed by atoms with Crippen LogP contribution in [0.15, 0.2) is 36.5 Å². The molecule has 0 aliphatic carbocycles. The van der Waals surface area contributed by atoms with Crippen LogP contribution in [0.1, 0.15) is 71.7 Å². The van der Waals surface area contributed by atoms with E-state index in [9.17, 15) is 9.59 Å². The highest BCUT2D eigenvalue weighted by Gasteiger charge is 2.17. The molecule has 1 aromatic heterocycles. The van der Waals surface area contributed by atoms with E-state index in [0.717, 1.165) is 51.4 Å². The van der Waals surface area contributed by atoms with E-state index in [-0.39, 0.29) is 0 Å². The first kappa shape index (κ1) is 23.9. The molecule has 2 aromatic rings. The zero-order valence-corrected chi connectivity index (χ0v) is 19.3. The first-order chi connectivity index (χ1) is 15.6. The van der Waals surface area contributed by atoms with Crippen LogP contribution >= 0.6 is 0 Å².